The SMILES string of the molecule is Nc1ccc(F)c(-c2nc(C3CCCC3)no2)c1. The smallest absolute Gasteiger partial charge is 0.260 e. The van der Waals surface area contributed by atoms with E-state index in [1.54, 1.807) is 0 Å². The van der Waals surface area contributed by atoms with Crippen molar-refractivity contribution in [2.75, 3.05) is 5.73 Å². The molecule has 0 amide bonds. The Bertz CT molecular complexity index is 561. The van der Waals surface area contributed by atoms with Gasteiger partial charge in [0, 0.05) is 11.6 Å². The van der Waals surface area contributed by atoms with Crippen molar-refractivity contribution in [2.24, 2.45) is 0 Å². The van der Waals surface area contributed by atoms with Gasteiger partial charge in [-0.3, -0.25) is 0 Å². The maximum atomic E-state index is 13.7. The van der Waals surface area contributed by atoms with E-state index in [1.807, 2.05) is 0 Å². The van der Waals surface area contributed by atoms with Crippen LogP contribution in [0.25, 0.3) is 11.5 Å². The van der Waals surface area contributed by atoms with E-state index in [-0.39, 0.29) is 11.5 Å². The number of hydrogen-bond acceptors (Lipinski definition) is 4. The lowest BCUT2D eigenvalue weighted by atomic mass is 10.1. The molecule has 0 saturated heterocycles. The average molecular weight is 247 g/mol. The summed E-state index contributed by atoms with van der Waals surface area (Å²) in [4.78, 5) is 4.29. The molecule has 0 atom stereocenters. The first-order valence-corrected chi connectivity index (χ1v) is 6.13. The van der Waals surface area contributed by atoms with Gasteiger partial charge in [-0.25, -0.2) is 4.39 Å². The van der Waals surface area contributed by atoms with Crippen LogP contribution in [0.2, 0.25) is 0 Å². The third kappa shape index (κ3) is 1.96. The summed E-state index contributed by atoms with van der Waals surface area (Å²) < 4.78 is 18.8. The molecule has 1 aromatic carbocycles. The van der Waals surface area contributed by atoms with Crippen LogP contribution in [-0.4, -0.2) is 10.1 Å². The minimum absolute atomic E-state index is 0.210. The fourth-order valence-electron chi connectivity index (χ4n) is 2.40. The lowest BCUT2D eigenvalue weighted by molar-refractivity contribution is 0.414. The second-order valence-corrected chi connectivity index (χ2v) is 4.68. The molecule has 2 N–H and O–H groups in total. The molecule has 5 heteroatoms. The molecule has 1 heterocycles. The highest BCUT2D eigenvalue weighted by Gasteiger charge is 2.23. The van der Waals surface area contributed by atoms with Crippen molar-refractivity contribution in [3.8, 4) is 11.5 Å². The number of benzene rings is 1. The van der Waals surface area contributed by atoms with E-state index < -0.39 is 5.82 Å². The van der Waals surface area contributed by atoms with Gasteiger partial charge in [0.2, 0.25) is 0 Å². The molecule has 0 unspecified atom stereocenters. The number of anilines is 1. The van der Waals surface area contributed by atoms with Crippen molar-refractivity contribution >= 4 is 5.69 Å². The fourth-order valence-corrected chi connectivity index (χ4v) is 2.40. The standard InChI is InChI=1S/C13H14FN3O/c14-11-6-5-9(15)7-10(11)13-16-12(17-18-13)8-3-1-2-4-8/h5-8H,1-4,15H2. The Labute approximate surface area is 104 Å². The Morgan fingerprint density at radius 3 is 2.83 bits per heavy atom. The van der Waals surface area contributed by atoms with Gasteiger partial charge >= 0.3 is 0 Å². The zero-order valence-electron chi connectivity index (χ0n) is 9.90. The van der Waals surface area contributed by atoms with E-state index in [4.69, 9.17) is 10.3 Å². The molecule has 94 valence electrons. The molecule has 0 spiro atoms. The minimum atomic E-state index is -0.397. The van der Waals surface area contributed by atoms with Crippen LogP contribution in [0, 0.1) is 5.82 Å². The highest BCUT2D eigenvalue weighted by Crippen LogP contribution is 2.33. The van der Waals surface area contributed by atoms with E-state index in [9.17, 15) is 4.39 Å². The minimum Gasteiger partial charge on any atom is -0.399 e. The van der Waals surface area contributed by atoms with Crippen LogP contribution in [0.4, 0.5) is 10.1 Å². The van der Waals surface area contributed by atoms with Crippen LogP contribution in [0.1, 0.15) is 37.4 Å². The normalized spacial score (nSPS) is 16.3. The van der Waals surface area contributed by atoms with E-state index in [1.165, 1.54) is 31.0 Å². The van der Waals surface area contributed by atoms with Crippen molar-refractivity contribution in [3.05, 3.63) is 29.8 Å². The lowest BCUT2D eigenvalue weighted by Gasteiger charge is -2.00. The Hall–Kier alpha value is -1.91. The molecule has 0 bridgehead atoms. The average Bonchev–Trinajstić information content (AvgIpc) is 3.00. The number of hydrogen-bond donors (Lipinski definition) is 1. The quantitative estimate of drug-likeness (QED) is 0.828. The lowest BCUT2D eigenvalue weighted by Crippen LogP contribution is -1.95. The molecule has 1 aliphatic rings. The first-order valence-electron chi connectivity index (χ1n) is 6.13. The third-order valence-corrected chi connectivity index (χ3v) is 3.38. The van der Waals surface area contributed by atoms with Gasteiger partial charge in [0.15, 0.2) is 5.82 Å². The van der Waals surface area contributed by atoms with E-state index in [2.05, 4.69) is 10.1 Å². The number of nitrogen functional groups attached to an aromatic ring is 1. The molecular formula is C13H14FN3O. The molecule has 3 rings (SSSR count). The molecule has 1 aliphatic carbocycles. The largest absolute Gasteiger partial charge is 0.399 e. The molecule has 2 aromatic rings. The highest BCUT2D eigenvalue weighted by molar-refractivity contribution is 5.60. The first-order chi connectivity index (χ1) is 8.74. The molecule has 1 saturated carbocycles. The maximum absolute atomic E-state index is 13.7. The van der Waals surface area contributed by atoms with Crippen molar-refractivity contribution < 1.29 is 8.91 Å². The predicted molar refractivity (Wildman–Crippen MR) is 65.3 cm³/mol. The second kappa shape index (κ2) is 4.40. The van der Waals surface area contributed by atoms with Gasteiger partial charge in [0.1, 0.15) is 5.82 Å². The number of halogens is 1. The van der Waals surface area contributed by atoms with Gasteiger partial charge in [-0.15, -0.1) is 0 Å². The van der Waals surface area contributed by atoms with Gasteiger partial charge in [0.25, 0.3) is 5.89 Å². The van der Waals surface area contributed by atoms with Gasteiger partial charge in [-0.1, -0.05) is 18.0 Å². The Morgan fingerprint density at radius 2 is 2.06 bits per heavy atom. The maximum Gasteiger partial charge on any atom is 0.260 e. The molecule has 18 heavy (non-hydrogen) atoms. The van der Waals surface area contributed by atoms with Crippen LogP contribution >= 0.6 is 0 Å². The van der Waals surface area contributed by atoms with E-state index in [0.717, 1.165) is 12.8 Å². The van der Waals surface area contributed by atoms with Crippen molar-refractivity contribution in [1.29, 1.82) is 0 Å². The molecule has 4 nitrogen and oxygen atoms in total. The number of aromatic nitrogens is 2. The van der Waals surface area contributed by atoms with Gasteiger partial charge in [-0.2, -0.15) is 4.98 Å². The monoisotopic (exact) mass is 247 g/mol. The molecular weight excluding hydrogens is 233 g/mol. The van der Waals surface area contributed by atoms with Gasteiger partial charge in [-0.05, 0) is 31.0 Å². The Morgan fingerprint density at radius 1 is 1.28 bits per heavy atom. The van der Waals surface area contributed by atoms with Crippen LogP contribution in [0.15, 0.2) is 22.7 Å². The van der Waals surface area contributed by atoms with Crippen LogP contribution < -0.4 is 5.73 Å². The summed E-state index contributed by atoms with van der Waals surface area (Å²) in [6.45, 7) is 0. The summed E-state index contributed by atoms with van der Waals surface area (Å²) in [5, 5.41) is 3.95. The van der Waals surface area contributed by atoms with Crippen LogP contribution in [-0.2, 0) is 0 Å². The Balaban J connectivity index is 1.94. The van der Waals surface area contributed by atoms with Crippen molar-refractivity contribution in [1.82, 2.24) is 10.1 Å². The molecule has 1 fully saturated rings. The zero-order valence-corrected chi connectivity index (χ0v) is 9.90. The van der Waals surface area contributed by atoms with Gasteiger partial charge < -0.3 is 10.3 Å². The Kier molecular flexibility index (Phi) is 2.74. The van der Waals surface area contributed by atoms with E-state index in [0.29, 0.717) is 17.4 Å². The predicted octanol–water partition coefficient (Wildman–Crippen LogP) is 3.12. The summed E-state index contributed by atoms with van der Waals surface area (Å²) in [6, 6.07) is 4.33. The fraction of sp³-hybridized carbons (Fsp3) is 0.385. The number of nitrogens with zero attached hydrogens (tertiary/aromatic N) is 2. The summed E-state index contributed by atoms with van der Waals surface area (Å²) >= 11 is 0. The third-order valence-electron chi connectivity index (χ3n) is 3.38. The molecule has 0 aliphatic heterocycles. The van der Waals surface area contributed by atoms with Crippen molar-refractivity contribution in [2.45, 2.75) is 31.6 Å². The van der Waals surface area contributed by atoms with Crippen LogP contribution in [0.5, 0.6) is 0 Å². The second-order valence-electron chi connectivity index (χ2n) is 4.68. The number of nitrogens with two attached hydrogens (primary N) is 1. The summed E-state index contributed by atoms with van der Waals surface area (Å²) in [6.07, 6.45) is 4.55. The molecule has 0 radical (unpaired) electrons. The van der Waals surface area contributed by atoms with Gasteiger partial charge in [0.05, 0.1) is 5.56 Å². The summed E-state index contributed by atoms with van der Waals surface area (Å²) in [7, 11) is 0. The topological polar surface area (TPSA) is 64.9 Å². The van der Waals surface area contributed by atoms with Crippen molar-refractivity contribution in [3.63, 3.8) is 0 Å². The van der Waals surface area contributed by atoms with Crippen LogP contribution in [0.3, 0.4) is 0 Å². The summed E-state index contributed by atoms with van der Waals surface area (Å²) in [5.74, 6) is 0.850. The first kappa shape index (κ1) is 11.2. The summed E-state index contributed by atoms with van der Waals surface area (Å²) in [5.41, 5.74) is 6.39. The number of rotatable bonds is 2. The highest BCUT2D eigenvalue weighted by atomic mass is 19.1. The van der Waals surface area contributed by atoms with E-state index >= 15 is 0 Å². The zero-order chi connectivity index (χ0) is 12.5. The molecule has 1 aromatic heterocycles.